The van der Waals surface area contributed by atoms with Crippen molar-refractivity contribution in [3.05, 3.63) is 0 Å². The van der Waals surface area contributed by atoms with E-state index in [1.54, 1.807) is 4.31 Å². The van der Waals surface area contributed by atoms with E-state index in [1.165, 1.54) is 32.1 Å². The zero-order valence-electron chi connectivity index (χ0n) is 16.4. The van der Waals surface area contributed by atoms with Crippen molar-refractivity contribution in [2.24, 2.45) is 16.7 Å². The zero-order chi connectivity index (χ0) is 18.6. The van der Waals surface area contributed by atoms with Crippen molar-refractivity contribution in [1.29, 1.82) is 0 Å². The largest absolute Gasteiger partial charge is 0.299 e. The van der Waals surface area contributed by atoms with Crippen molar-refractivity contribution in [3.8, 4) is 0 Å². The fraction of sp³-hybridized carbons (Fsp3) is 0.950. The third-order valence-electron chi connectivity index (χ3n) is 8.33. The number of hydrogen-bond donors (Lipinski definition) is 0. The Bertz CT molecular complexity index is 661. The lowest BCUT2D eigenvalue weighted by Gasteiger charge is -2.42. The molecule has 5 nitrogen and oxygen atoms in total. The van der Waals surface area contributed by atoms with Crippen LogP contribution in [0.2, 0.25) is 0 Å². The Hall–Kier alpha value is -0.460. The maximum atomic E-state index is 13.2. The highest BCUT2D eigenvalue weighted by Crippen LogP contribution is 2.64. The molecule has 0 amide bonds. The monoisotopic (exact) mass is 382 g/mol. The van der Waals surface area contributed by atoms with Gasteiger partial charge in [-0.3, -0.25) is 9.69 Å². The number of nitrogens with zero attached hydrogens (tertiary/aromatic N) is 2. The number of sulfonamides is 1. The molecule has 1 saturated heterocycles. The Kier molecular flexibility index (Phi) is 4.76. The van der Waals surface area contributed by atoms with Gasteiger partial charge in [0.25, 0.3) is 0 Å². The lowest BCUT2D eigenvalue weighted by atomic mass is 9.70. The van der Waals surface area contributed by atoms with E-state index in [2.05, 4.69) is 18.7 Å². The van der Waals surface area contributed by atoms with Crippen LogP contribution in [0.25, 0.3) is 0 Å². The fourth-order valence-corrected chi connectivity index (χ4v) is 8.51. The molecule has 3 aliphatic carbocycles. The normalized spacial score (nSPS) is 36.7. The highest BCUT2D eigenvalue weighted by atomic mass is 32.2. The number of carbonyl (C=O) groups is 1. The van der Waals surface area contributed by atoms with Crippen molar-refractivity contribution < 1.29 is 13.2 Å². The topological polar surface area (TPSA) is 57.7 Å². The SMILES string of the molecule is CC1(C)C2CCC1(CS(=O)(=O)N1CCN(C3CCCCC3)CC1)C(=O)C2. The summed E-state index contributed by atoms with van der Waals surface area (Å²) in [7, 11) is -3.38. The lowest BCUT2D eigenvalue weighted by Crippen LogP contribution is -2.54. The van der Waals surface area contributed by atoms with E-state index >= 15 is 0 Å². The van der Waals surface area contributed by atoms with E-state index in [9.17, 15) is 13.2 Å². The van der Waals surface area contributed by atoms with Crippen molar-refractivity contribution in [2.45, 2.75) is 71.3 Å². The van der Waals surface area contributed by atoms with Crippen LogP contribution in [0.5, 0.6) is 0 Å². The molecule has 1 heterocycles. The van der Waals surface area contributed by atoms with Crippen molar-refractivity contribution in [3.63, 3.8) is 0 Å². The summed E-state index contributed by atoms with van der Waals surface area (Å²) >= 11 is 0. The third-order valence-corrected chi connectivity index (χ3v) is 10.3. The number of Topliss-reactive ketones (excluding diaryl/α,β-unsaturated/α-hetero) is 1. The molecule has 0 aromatic carbocycles. The van der Waals surface area contributed by atoms with Crippen LogP contribution in [0.15, 0.2) is 0 Å². The van der Waals surface area contributed by atoms with E-state index in [0.29, 0.717) is 31.5 Å². The molecule has 2 bridgehead atoms. The quantitative estimate of drug-likeness (QED) is 0.750. The number of ketones is 1. The van der Waals surface area contributed by atoms with Crippen LogP contribution in [0.1, 0.15) is 65.2 Å². The first kappa shape index (κ1) is 18.9. The molecule has 2 unspecified atom stereocenters. The minimum absolute atomic E-state index is 0.0335. The number of fused-ring (bicyclic) bond motifs is 2. The molecule has 4 rings (SSSR count). The molecule has 4 aliphatic rings. The predicted molar refractivity (Wildman–Crippen MR) is 102 cm³/mol. The van der Waals surface area contributed by atoms with Crippen molar-refractivity contribution in [2.75, 3.05) is 31.9 Å². The Morgan fingerprint density at radius 2 is 1.65 bits per heavy atom. The van der Waals surface area contributed by atoms with Gasteiger partial charge in [0.2, 0.25) is 10.0 Å². The summed E-state index contributed by atoms with van der Waals surface area (Å²) in [5, 5.41) is 0. The van der Waals surface area contributed by atoms with Gasteiger partial charge in [-0.05, 0) is 37.0 Å². The van der Waals surface area contributed by atoms with Gasteiger partial charge in [-0.15, -0.1) is 0 Å². The Morgan fingerprint density at radius 1 is 1.00 bits per heavy atom. The molecule has 3 saturated carbocycles. The van der Waals surface area contributed by atoms with Gasteiger partial charge in [-0.1, -0.05) is 33.1 Å². The van der Waals surface area contributed by atoms with E-state index in [1.807, 2.05) is 0 Å². The summed E-state index contributed by atoms with van der Waals surface area (Å²) < 4.78 is 28.1. The van der Waals surface area contributed by atoms with Crippen LogP contribution in [0, 0.1) is 16.7 Å². The lowest BCUT2D eigenvalue weighted by molar-refractivity contribution is -0.128. The van der Waals surface area contributed by atoms with Crippen LogP contribution in [-0.2, 0) is 14.8 Å². The van der Waals surface area contributed by atoms with E-state index in [0.717, 1.165) is 25.9 Å². The molecule has 0 N–H and O–H groups in total. The Balaban J connectivity index is 1.43. The standard InChI is InChI=1S/C20H34N2O3S/c1-19(2)16-8-9-20(19,18(23)14-16)15-26(24,25)22-12-10-21(11-13-22)17-6-4-3-5-7-17/h16-17H,3-15H2,1-2H3. The first-order valence-corrected chi connectivity index (χ1v) is 12.1. The highest BCUT2D eigenvalue weighted by molar-refractivity contribution is 7.89. The molecule has 0 aromatic rings. The molecule has 1 aliphatic heterocycles. The smallest absolute Gasteiger partial charge is 0.215 e. The average molecular weight is 383 g/mol. The zero-order valence-corrected chi connectivity index (χ0v) is 17.2. The Morgan fingerprint density at radius 3 is 2.19 bits per heavy atom. The van der Waals surface area contributed by atoms with E-state index in [-0.39, 0.29) is 17.0 Å². The summed E-state index contributed by atoms with van der Waals surface area (Å²) in [4.78, 5) is 15.2. The van der Waals surface area contributed by atoms with Crippen molar-refractivity contribution >= 4 is 15.8 Å². The average Bonchev–Trinajstić information content (AvgIpc) is 2.96. The van der Waals surface area contributed by atoms with Crippen molar-refractivity contribution in [1.82, 2.24) is 9.21 Å². The summed E-state index contributed by atoms with van der Waals surface area (Å²) in [5.74, 6) is 0.600. The van der Waals surface area contributed by atoms with E-state index in [4.69, 9.17) is 0 Å². The van der Waals surface area contributed by atoms with Crippen LogP contribution >= 0.6 is 0 Å². The van der Waals surface area contributed by atoms with Gasteiger partial charge in [0.1, 0.15) is 5.78 Å². The number of hydrogen-bond acceptors (Lipinski definition) is 4. The minimum Gasteiger partial charge on any atom is -0.299 e. The predicted octanol–water partition coefficient (Wildman–Crippen LogP) is 2.66. The summed E-state index contributed by atoms with van der Waals surface area (Å²) in [6.45, 7) is 7.10. The fourth-order valence-electron chi connectivity index (χ4n) is 6.30. The molecule has 2 atom stereocenters. The van der Waals surface area contributed by atoms with Crippen LogP contribution in [0.3, 0.4) is 0 Å². The van der Waals surface area contributed by atoms with Gasteiger partial charge >= 0.3 is 0 Å². The first-order chi connectivity index (χ1) is 12.3. The van der Waals surface area contributed by atoms with Gasteiger partial charge in [-0.25, -0.2) is 8.42 Å². The second kappa shape index (κ2) is 6.56. The highest BCUT2D eigenvalue weighted by Gasteiger charge is 2.65. The molecule has 0 radical (unpaired) electrons. The summed E-state index contributed by atoms with van der Waals surface area (Å²) in [6.07, 6.45) is 8.83. The molecule has 148 valence electrons. The molecule has 4 fully saturated rings. The minimum atomic E-state index is -3.38. The second-order valence-electron chi connectivity index (χ2n) is 9.65. The molecule has 6 heteroatoms. The van der Waals surface area contributed by atoms with Gasteiger partial charge < -0.3 is 0 Å². The van der Waals surface area contributed by atoms with Gasteiger partial charge in [-0.2, -0.15) is 4.31 Å². The Labute approximate surface area is 158 Å². The molecule has 26 heavy (non-hydrogen) atoms. The molecular weight excluding hydrogens is 348 g/mol. The number of rotatable bonds is 4. The van der Waals surface area contributed by atoms with Gasteiger partial charge in [0, 0.05) is 44.1 Å². The number of carbonyl (C=O) groups excluding carboxylic acids is 1. The maximum absolute atomic E-state index is 13.2. The second-order valence-corrected chi connectivity index (χ2v) is 11.6. The maximum Gasteiger partial charge on any atom is 0.215 e. The van der Waals surface area contributed by atoms with E-state index < -0.39 is 15.4 Å². The molecular formula is C20H34N2O3S. The van der Waals surface area contributed by atoms with Crippen LogP contribution in [0.4, 0.5) is 0 Å². The summed E-state index contributed by atoms with van der Waals surface area (Å²) in [5.41, 5.74) is -0.821. The van der Waals surface area contributed by atoms with Crippen LogP contribution < -0.4 is 0 Å². The summed E-state index contributed by atoms with van der Waals surface area (Å²) in [6, 6.07) is 0.651. The first-order valence-electron chi connectivity index (χ1n) is 10.5. The van der Waals surface area contributed by atoms with Gasteiger partial charge in [0.15, 0.2) is 0 Å². The number of piperazine rings is 1. The van der Waals surface area contributed by atoms with Crippen LogP contribution in [-0.4, -0.2) is 61.4 Å². The third kappa shape index (κ3) is 2.87. The van der Waals surface area contributed by atoms with Gasteiger partial charge in [0.05, 0.1) is 5.75 Å². The molecule has 0 spiro atoms. The molecule has 0 aromatic heterocycles.